The number of pyridine rings is 1. The Morgan fingerprint density at radius 1 is 1.15 bits per heavy atom. The number of aromatic nitrogens is 4. The van der Waals surface area contributed by atoms with E-state index in [4.69, 9.17) is 0 Å². The summed E-state index contributed by atoms with van der Waals surface area (Å²) in [6, 6.07) is 7.21. The van der Waals surface area contributed by atoms with Crippen molar-refractivity contribution in [2.45, 2.75) is 31.8 Å². The summed E-state index contributed by atoms with van der Waals surface area (Å²) in [6.45, 7) is 3.64. The lowest BCUT2D eigenvalue weighted by molar-refractivity contribution is 0.0777. The highest BCUT2D eigenvalue weighted by Crippen LogP contribution is 2.42. The molecular weight excluding hydrogens is 358 g/mol. The summed E-state index contributed by atoms with van der Waals surface area (Å²) < 4.78 is 1.60. The lowest BCUT2D eigenvalue weighted by Crippen LogP contribution is -2.48. The van der Waals surface area contributed by atoms with E-state index in [1.165, 1.54) is 22.7 Å². The molecule has 3 aromatic rings. The van der Waals surface area contributed by atoms with Crippen LogP contribution in [0.5, 0.6) is 0 Å². The van der Waals surface area contributed by atoms with Crippen molar-refractivity contribution in [3.63, 3.8) is 0 Å². The molecule has 0 bridgehead atoms. The summed E-state index contributed by atoms with van der Waals surface area (Å²) in [5.74, 6) is 1.20. The molecule has 138 valence electrons. The molecule has 0 amide bonds. The second-order valence-corrected chi connectivity index (χ2v) is 8.63. The van der Waals surface area contributed by atoms with E-state index < -0.39 is 0 Å². The lowest BCUT2D eigenvalue weighted by Gasteiger charge is -2.38. The van der Waals surface area contributed by atoms with Crippen LogP contribution in [0, 0.1) is 5.92 Å². The largest absolute Gasteiger partial charge is 0.297 e. The Morgan fingerprint density at radius 3 is 2.81 bits per heavy atom. The highest BCUT2D eigenvalue weighted by Gasteiger charge is 2.30. The van der Waals surface area contributed by atoms with E-state index >= 15 is 0 Å². The van der Waals surface area contributed by atoms with Crippen LogP contribution in [0.3, 0.4) is 0 Å². The van der Waals surface area contributed by atoms with Crippen molar-refractivity contribution in [1.29, 1.82) is 0 Å². The second-order valence-electron chi connectivity index (χ2n) is 7.48. The summed E-state index contributed by atoms with van der Waals surface area (Å²) in [6.07, 6.45) is 8.15. The lowest BCUT2D eigenvalue weighted by atomic mass is 10.0. The van der Waals surface area contributed by atoms with Gasteiger partial charge in [-0.1, -0.05) is 0 Å². The monoisotopic (exact) mass is 379 g/mol. The van der Waals surface area contributed by atoms with Crippen LogP contribution in [0.25, 0.3) is 11.3 Å². The predicted molar refractivity (Wildman–Crippen MR) is 105 cm³/mol. The van der Waals surface area contributed by atoms with Crippen LogP contribution in [-0.2, 0) is 13.1 Å². The topological polar surface area (TPSA) is 63.9 Å². The third-order valence-corrected chi connectivity index (χ3v) is 6.31. The van der Waals surface area contributed by atoms with E-state index in [-0.39, 0.29) is 5.56 Å². The first-order valence-electron chi connectivity index (χ1n) is 9.40. The van der Waals surface area contributed by atoms with E-state index in [0.717, 1.165) is 36.8 Å². The standard InChI is InChI=1S/C20H21N5OS/c26-19-6-5-18(16-2-1-7-21-8-16)23-25(19)12-14-10-24(11-14)13-17-9-22-20(27-17)15-3-4-15/h1-2,5-9,14-15H,3-4,10-13H2. The van der Waals surface area contributed by atoms with Gasteiger partial charge in [-0.2, -0.15) is 5.10 Å². The molecule has 27 heavy (non-hydrogen) atoms. The number of hydrogen-bond donors (Lipinski definition) is 0. The maximum Gasteiger partial charge on any atom is 0.266 e. The fraction of sp³-hybridized carbons (Fsp3) is 0.400. The molecular formula is C20H21N5OS. The highest BCUT2D eigenvalue weighted by atomic mass is 32.1. The minimum Gasteiger partial charge on any atom is -0.297 e. The van der Waals surface area contributed by atoms with Crippen molar-refractivity contribution in [2.24, 2.45) is 5.92 Å². The molecule has 1 saturated carbocycles. The quantitative estimate of drug-likeness (QED) is 0.659. The van der Waals surface area contributed by atoms with Crippen LogP contribution in [0.4, 0.5) is 0 Å². The van der Waals surface area contributed by atoms with E-state index in [2.05, 4.69) is 20.0 Å². The fourth-order valence-electron chi connectivity index (χ4n) is 3.55. The molecule has 0 radical (unpaired) electrons. The molecule has 0 spiro atoms. The van der Waals surface area contributed by atoms with Crippen molar-refractivity contribution < 1.29 is 0 Å². The summed E-state index contributed by atoms with van der Waals surface area (Å²) in [7, 11) is 0. The number of hydrogen-bond acceptors (Lipinski definition) is 6. The first-order valence-corrected chi connectivity index (χ1v) is 10.2. The van der Waals surface area contributed by atoms with E-state index in [9.17, 15) is 4.79 Å². The van der Waals surface area contributed by atoms with E-state index in [1.54, 1.807) is 29.2 Å². The van der Waals surface area contributed by atoms with Crippen molar-refractivity contribution in [1.82, 2.24) is 24.6 Å². The van der Waals surface area contributed by atoms with Gasteiger partial charge in [-0.3, -0.25) is 14.7 Å². The normalized spacial score (nSPS) is 17.8. The van der Waals surface area contributed by atoms with Crippen molar-refractivity contribution in [2.75, 3.05) is 13.1 Å². The van der Waals surface area contributed by atoms with Gasteiger partial charge >= 0.3 is 0 Å². The summed E-state index contributed by atoms with van der Waals surface area (Å²) in [5.41, 5.74) is 1.67. The Bertz CT molecular complexity index is 989. The summed E-state index contributed by atoms with van der Waals surface area (Å²) in [4.78, 5) is 24.6. The molecule has 0 atom stereocenters. The third kappa shape index (κ3) is 3.70. The molecule has 2 fully saturated rings. The molecule has 0 N–H and O–H groups in total. The molecule has 3 aromatic heterocycles. The maximum absolute atomic E-state index is 12.2. The van der Waals surface area contributed by atoms with Gasteiger partial charge in [0.05, 0.1) is 17.2 Å². The highest BCUT2D eigenvalue weighted by molar-refractivity contribution is 7.11. The molecule has 0 unspecified atom stereocenters. The van der Waals surface area contributed by atoms with Gasteiger partial charge in [-0.05, 0) is 31.0 Å². The molecule has 7 heteroatoms. The first kappa shape index (κ1) is 16.8. The Labute approximate surface area is 161 Å². The number of nitrogens with zero attached hydrogens (tertiary/aromatic N) is 5. The van der Waals surface area contributed by atoms with Gasteiger partial charge in [-0.25, -0.2) is 9.67 Å². The van der Waals surface area contributed by atoms with Crippen molar-refractivity contribution in [3.8, 4) is 11.3 Å². The maximum atomic E-state index is 12.2. The second kappa shape index (κ2) is 6.98. The van der Waals surface area contributed by atoms with Crippen molar-refractivity contribution >= 4 is 11.3 Å². The van der Waals surface area contributed by atoms with Gasteiger partial charge in [-0.15, -0.1) is 11.3 Å². The average Bonchev–Trinajstić information content (AvgIpc) is 3.41. The molecule has 4 heterocycles. The number of rotatable bonds is 6. The van der Waals surface area contributed by atoms with Crippen LogP contribution >= 0.6 is 11.3 Å². The van der Waals surface area contributed by atoms with Crippen LogP contribution in [0.2, 0.25) is 0 Å². The smallest absolute Gasteiger partial charge is 0.266 e. The van der Waals surface area contributed by atoms with Gasteiger partial charge in [0.15, 0.2) is 0 Å². The van der Waals surface area contributed by atoms with Gasteiger partial charge in [0, 0.05) is 66.6 Å². The molecule has 1 aliphatic carbocycles. The van der Waals surface area contributed by atoms with Crippen LogP contribution < -0.4 is 5.56 Å². The Balaban J connectivity index is 1.20. The molecule has 2 aliphatic rings. The van der Waals surface area contributed by atoms with Crippen LogP contribution in [0.1, 0.15) is 28.6 Å². The average molecular weight is 379 g/mol. The number of thiazole rings is 1. The zero-order valence-corrected chi connectivity index (χ0v) is 15.8. The number of likely N-dealkylation sites (tertiary alicyclic amines) is 1. The minimum absolute atomic E-state index is 0.0439. The van der Waals surface area contributed by atoms with Gasteiger partial charge in [0.2, 0.25) is 0 Å². The molecule has 5 rings (SSSR count). The third-order valence-electron chi connectivity index (χ3n) is 5.17. The Kier molecular flexibility index (Phi) is 4.33. The fourth-order valence-corrected chi connectivity index (χ4v) is 4.68. The van der Waals surface area contributed by atoms with E-state index in [1.807, 2.05) is 29.7 Å². The Morgan fingerprint density at radius 2 is 2.04 bits per heavy atom. The van der Waals surface area contributed by atoms with Gasteiger partial charge in [0.25, 0.3) is 5.56 Å². The first-order chi connectivity index (χ1) is 13.2. The zero-order valence-electron chi connectivity index (χ0n) is 15.0. The molecule has 0 aromatic carbocycles. The SMILES string of the molecule is O=c1ccc(-c2cccnc2)nn1CC1CN(Cc2cnc(C3CC3)s2)C1. The van der Waals surface area contributed by atoms with Crippen LogP contribution in [-0.4, -0.2) is 37.7 Å². The zero-order chi connectivity index (χ0) is 18.2. The molecule has 6 nitrogen and oxygen atoms in total. The molecule has 1 saturated heterocycles. The summed E-state index contributed by atoms with van der Waals surface area (Å²) >= 11 is 1.86. The predicted octanol–water partition coefficient (Wildman–Crippen LogP) is 2.77. The Hall–Kier alpha value is -2.38. The van der Waals surface area contributed by atoms with Gasteiger partial charge < -0.3 is 0 Å². The summed E-state index contributed by atoms with van der Waals surface area (Å²) in [5, 5.41) is 5.85. The van der Waals surface area contributed by atoms with E-state index in [0.29, 0.717) is 12.5 Å². The van der Waals surface area contributed by atoms with Crippen LogP contribution in [0.15, 0.2) is 47.7 Å². The van der Waals surface area contributed by atoms with Gasteiger partial charge in [0.1, 0.15) is 0 Å². The minimum atomic E-state index is -0.0439. The van der Waals surface area contributed by atoms with Crippen molar-refractivity contribution in [3.05, 3.63) is 63.1 Å². The molecule has 1 aliphatic heterocycles.